The van der Waals surface area contributed by atoms with E-state index in [1.807, 2.05) is 0 Å². The minimum atomic E-state index is 0.587. The molecule has 0 heterocycles. The summed E-state index contributed by atoms with van der Waals surface area (Å²) in [5.74, 6) is 1.89. The lowest BCUT2D eigenvalue weighted by Gasteiger charge is -2.41. The number of hydrogen-bond acceptors (Lipinski definition) is 1. The SMILES string of the molecule is CCCCCCC1CC(C)(C)CCC1CNC(C)C. The van der Waals surface area contributed by atoms with Crippen molar-refractivity contribution in [3.63, 3.8) is 0 Å². The lowest BCUT2D eigenvalue weighted by molar-refractivity contribution is 0.106. The minimum Gasteiger partial charge on any atom is -0.314 e. The van der Waals surface area contributed by atoms with Crippen LogP contribution in [0.1, 0.15) is 86.0 Å². The van der Waals surface area contributed by atoms with Gasteiger partial charge in [0.2, 0.25) is 0 Å². The molecule has 0 aromatic heterocycles. The predicted octanol–water partition coefficient (Wildman–Crippen LogP) is 5.40. The average molecular weight is 268 g/mol. The maximum Gasteiger partial charge on any atom is 0.00104 e. The quantitative estimate of drug-likeness (QED) is 0.581. The molecule has 2 unspecified atom stereocenters. The molecule has 1 nitrogen and oxygen atoms in total. The molecular weight excluding hydrogens is 230 g/mol. The molecule has 1 saturated carbocycles. The second-order valence-corrected chi connectivity index (χ2v) is 7.84. The van der Waals surface area contributed by atoms with Crippen LogP contribution in [-0.4, -0.2) is 12.6 Å². The fraction of sp³-hybridized carbons (Fsp3) is 1.00. The third-order valence-electron chi connectivity index (χ3n) is 4.89. The summed E-state index contributed by atoms with van der Waals surface area (Å²) < 4.78 is 0. The van der Waals surface area contributed by atoms with Gasteiger partial charge in [0.1, 0.15) is 0 Å². The highest BCUT2D eigenvalue weighted by molar-refractivity contribution is 4.86. The smallest absolute Gasteiger partial charge is 0.00104 e. The summed E-state index contributed by atoms with van der Waals surface area (Å²) >= 11 is 0. The fourth-order valence-corrected chi connectivity index (χ4v) is 3.62. The molecule has 0 radical (unpaired) electrons. The van der Waals surface area contributed by atoms with Crippen LogP contribution < -0.4 is 5.32 Å². The van der Waals surface area contributed by atoms with Crippen molar-refractivity contribution in [2.45, 2.75) is 92.0 Å². The van der Waals surface area contributed by atoms with E-state index in [4.69, 9.17) is 0 Å². The minimum absolute atomic E-state index is 0.587. The zero-order chi connectivity index (χ0) is 14.3. The van der Waals surface area contributed by atoms with Gasteiger partial charge in [0.15, 0.2) is 0 Å². The van der Waals surface area contributed by atoms with E-state index in [1.54, 1.807) is 0 Å². The summed E-state index contributed by atoms with van der Waals surface area (Å²) in [4.78, 5) is 0. The van der Waals surface area contributed by atoms with Gasteiger partial charge in [0.05, 0.1) is 0 Å². The first-order valence-electron chi connectivity index (χ1n) is 8.68. The summed E-state index contributed by atoms with van der Waals surface area (Å²) in [6.07, 6.45) is 11.4. The van der Waals surface area contributed by atoms with E-state index in [1.165, 1.54) is 57.9 Å². The summed E-state index contributed by atoms with van der Waals surface area (Å²) in [5.41, 5.74) is 0.587. The van der Waals surface area contributed by atoms with Crippen molar-refractivity contribution < 1.29 is 0 Å². The molecule has 1 fully saturated rings. The maximum atomic E-state index is 3.67. The zero-order valence-electron chi connectivity index (χ0n) is 14.1. The molecule has 114 valence electrons. The van der Waals surface area contributed by atoms with Gasteiger partial charge >= 0.3 is 0 Å². The van der Waals surface area contributed by atoms with Gasteiger partial charge in [-0.25, -0.2) is 0 Å². The molecule has 0 aromatic rings. The molecule has 1 N–H and O–H groups in total. The van der Waals surface area contributed by atoms with Crippen molar-refractivity contribution in [2.24, 2.45) is 17.3 Å². The van der Waals surface area contributed by atoms with Crippen molar-refractivity contribution >= 4 is 0 Å². The summed E-state index contributed by atoms with van der Waals surface area (Å²) in [7, 11) is 0. The predicted molar refractivity (Wildman–Crippen MR) is 86.5 cm³/mol. The average Bonchev–Trinajstić information content (AvgIpc) is 2.32. The molecule has 0 bridgehead atoms. The van der Waals surface area contributed by atoms with E-state index in [2.05, 4.69) is 39.9 Å². The van der Waals surface area contributed by atoms with Gasteiger partial charge in [-0.3, -0.25) is 0 Å². The molecule has 0 amide bonds. The Labute approximate surface area is 121 Å². The Kier molecular flexibility index (Phi) is 7.42. The van der Waals surface area contributed by atoms with Gasteiger partial charge < -0.3 is 5.32 Å². The first-order chi connectivity index (χ1) is 8.94. The van der Waals surface area contributed by atoms with Crippen LogP contribution in [0.2, 0.25) is 0 Å². The monoisotopic (exact) mass is 267 g/mol. The van der Waals surface area contributed by atoms with Crippen LogP contribution in [0.15, 0.2) is 0 Å². The van der Waals surface area contributed by atoms with E-state index in [0.29, 0.717) is 11.5 Å². The van der Waals surface area contributed by atoms with Gasteiger partial charge in [-0.2, -0.15) is 0 Å². The highest BCUT2D eigenvalue weighted by Crippen LogP contribution is 2.43. The Morgan fingerprint density at radius 1 is 1.11 bits per heavy atom. The molecule has 0 spiro atoms. The maximum absolute atomic E-state index is 3.67. The van der Waals surface area contributed by atoms with E-state index >= 15 is 0 Å². The van der Waals surface area contributed by atoms with Crippen LogP contribution in [0.25, 0.3) is 0 Å². The molecule has 19 heavy (non-hydrogen) atoms. The van der Waals surface area contributed by atoms with Gasteiger partial charge in [-0.05, 0) is 43.1 Å². The molecule has 0 aromatic carbocycles. The molecular formula is C18H37N. The number of rotatable bonds is 8. The van der Waals surface area contributed by atoms with Crippen molar-refractivity contribution in [3.8, 4) is 0 Å². The molecule has 2 atom stereocenters. The Morgan fingerprint density at radius 3 is 2.47 bits per heavy atom. The second-order valence-electron chi connectivity index (χ2n) is 7.84. The number of nitrogens with one attached hydrogen (secondary N) is 1. The van der Waals surface area contributed by atoms with Crippen LogP contribution in [0.4, 0.5) is 0 Å². The Bertz CT molecular complexity index is 230. The Hall–Kier alpha value is -0.0400. The first kappa shape index (κ1) is 17.0. The van der Waals surface area contributed by atoms with Crippen LogP contribution >= 0.6 is 0 Å². The lowest BCUT2D eigenvalue weighted by atomic mass is 9.66. The first-order valence-corrected chi connectivity index (χ1v) is 8.68. The molecule has 1 rings (SSSR count). The van der Waals surface area contributed by atoms with E-state index in [9.17, 15) is 0 Å². The fourth-order valence-electron chi connectivity index (χ4n) is 3.62. The molecule has 1 aliphatic rings. The topological polar surface area (TPSA) is 12.0 Å². The third kappa shape index (κ3) is 6.79. The summed E-state index contributed by atoms with van der Waals surface area (Å²) in [5, 5.41) is 3.67. The largest absolute Gasteiger partial charge is 0.314 e. The molecule has 0 aliphatic heterocycles. The van der Waals surface area contributed by atoms with Crippen molar-refractivity contribution in [1.82, 2.24) is 5.32 Å². The molecule has 1 heteroatoms. The van der Waals surface area contributed by atoms with Gasteiger partial charge in [-0.1, -0.05) is 66.7 Å². The van der Waals surface area contributed by atoms with Crippen molar-refractivity contribution in [1.29, 1.82) is 0 Å². The van der Waals surface area contributed by atoms with Gasteiger partial charge in [-0.15, -0.1) is 0 Å². The highest BCUT2D eigenvalue weighted by atomic mass is 14.9. The van der Waals surface area contributed by atoms with Crippen LogP contribution in [0.5, 0.6) is 0 Å². The number of unbranched alkanes of at least 4 members (excludes halogenated alkanes) is 3. The van der Waals surface area contributed by atoms with Crippen molar-refractivity contribution in [2.75, 3.05) is 6.54 Å². The van der Waals surface area contributed by atoms with Gasteiger partial charge in [0.25, 0.3) is 0 Å². The summed E-state index contributed by atoms with van der Waals surface area (Å²) in [6.45, 7) is 13.0. The van der Waals surface area contributed by atoms with Gasteiger partial charge in [0, 0.05) is 6.04 Å². The molecule has 1 aliphatic carbocycles. The highest BCUT2D eigenvalue weighted by Gasteiger charge is 2.34. The van der Waals surface area contributed by atoms with Crippen LogP contribution in [0, 0.1) is 17.3 Å². The number of hydrogen-bond donors (Lipinski definition) is 1. The zero-order valence-corrected chi connectivity index (χ0v) is 14.1. The Balaban J connectivity index is 2.41. The normalized spacial score (nSPS) is 26.8. The molecule has 0 saturated heterocycles. The lowest BCUT2D eigenvalue weighted by Crippen LogP contribution is -2.38. The van der Waals surface area contributed by atoms with E-state index in [0.717, 1.165) is 11.8 Å². The van der Waals surface area contributed by atoms with Crippen LogP contribution in [-0.2, 0) is 0 Å². The summed E-state index contributed by atoms with van der Waals surface area (Å²) in [6, 6.07) is 0.635. The van der Waals surface area contributed by atoms with E-state index < -0.39 is 0 Å². The van der Waals surface area contributed by atoms with Crippen LogP contribution in [0.3, 0.4) is 0 Å². The second kappa shape index (κ2) is 8.29. The van der Waals surface area contributed by atoms with Crippen molar-refractivity contribution in [3.05, 3.63) is 0 Å². The Morgan fingerprint density at radius 2 is 1.84 bits per heavy atom. The standard InChI is InChI=1S/C18H37N/c1-6-7-8-9-10-16-13-18(4,5)12-11-17(16)14-19-15(2)3/h15-17,19H,6-14H2,1-5H3. The third-order valence-corrected chi connectivity index (χ3v) is 4.89. The van der Waals surface area contributed by atoms with E-state index in [-0.39, 0.29) is 0 Å².